The summed E-state index contributed by atoms with van der Waals surface area (Å²) in [5.41, 5.74) is 0.952. The Morgan fingerprint density at radius 3 is 2.46 bits per heavy atom. The number of nitro benzene ring substituents is 1. The molecule has 0 aromatic heterocycles. The molecule has 7 nitrogen and oxygen atoms in total. The van der Waals surface area contributed by atoms with Gasteiger partial charge in [0, 0.05) is 17.5 Å². The van der Waals surface area contributed by atoms with Gasteiger partial charge in [-0.1, -0.05) is 42.5 Å². The first-order valence-corrected chi connectivity index (χ1v) is 7.81. The summed E-state index contributed by atoms with van der Waals surface area (Å²) in [6, 6.07) is 16.5. The third-order valence-corrected chi connectivity index (χ3v) is 4.03. The molecule has 0 atom stereocenters. The molecular weight excluding hydrogens is 336 g/mol. The molecule has 0 spiro atoms. The average Bonchev–Trinajstić information content (AvgIpc) is 2.66. The van der Waals surface area contributed by atoms with E-state index < -0.39 is 11.0 Å². The normalized spacial score (nSPS) is 10.5. The topological polar surface area (TPSA) is 92.9 Å². The summed E-state index contributed by atoms with van der Waals surface area (Å²) < 4.78 is 4.87. The van der Waals surface area contributed by atoms with Gasteiger partial charge in [0.15, 0.2) is 0 Å². The number of phenols is 1. The number of fused-ring (bicyclic) bond motifs is 1. The molecule has 0 aliphatic heterocycles. The molecule has 0 saturated heterocycles. The van der Waals surface area contributed by atoms with Gasteiger partial charge in [-0.2, -0.15) is 0 Å². The molecule has 0 aliphatic rings. The second-order valence-electron chi connectivity index (χ2n) is 5.63. The molecule has 3 rings (SSSR count). The van der Waals surface area contributed by atoms with Gasteiger partial charge >= 0.3 is 6.09 Å². The lowest BCUT2D eigenvalue weighted by atomic mass is 10.1. The first-order valence-electron chi connectivity index (χ1n) is 7.81. The fourth-order valence-corrected chi connectivity index (χ4v) is 2.78. The lowest BCUT2D eigenvalue weighted by molar-refractivity contribution is -0.384. The Balaban J connectivity index is 2.06. The summed E-state index contributed by atoms with van der Waals surface area (Å²) in [6.07, 6.45) is -0.644. The van der Waals surface area contributed by atoms with Crippen LogP contribution < -0.4 is 4.90 Å². The van der Waals surface area contributed by atoms with Gasteiger partial charge in [-0.25, -0.2) is 4.79 Å². The number of nitro groups is 1. The van der Waals surface area contributed by atoms with Gasteiger partial charge in [-0.05, 0) is 17.0 Å². The van der Waals surface area contributed by atoms with Crippen LogP contribution in [-0.2, 0) is 11.3 Å². The highest BCUT2D eigenvalue weighted by Crippen LogP contribution is 2.36. The lowest BCUT2D eigenvalue weighted by Crippen LogP contribution is -2.30. The van der Waals surface area contributed by atoms with E-state index in [9.17, 15) is 20.0 Å². The Kier molecular flexibility index (Phi) is 4.70. The Morgan fingerprint density at radius 1 is 1.12 bits per heavy atom. The van der Waals surface area contributed by atoms with E-state index in [0.29, 0.717) is 16.6 Å². The minimum Gasteiger partial charge on any atom is -0.506 e. The van der Waals surface area contributed by atoms with E-state index >= 15 is 0 Å². The lowest BCUT2D eigenvalue weighted by Gasteiger charge is -2.24. The van der Waals surface area contributed by atoms with Crippen molar-refractivity contribution in [3.05, 3.63) is 76.3 Å². The quantitative estimate of drug-likeness (QED) is 0.560. The number of nitrogens with zero attached hydrogens (tertiary/aromatic N) is 2. The number of anilines is 1. The summed E-state index contributed by atoms with van der Waals surface area (Å²) in [5, 5.41) is 22.7. The molecule has 132 valence electrons. The largest absolute Gasteiger partial charge is 0.506 e. The van der Waals surface area contributed by atoms with E-state index in [-0.39, 0.29) is 18.0 Å². The maximum Gasteiger partial charge on any atom is 0.414 e. The molecule has 0 aliphatic carbocycles. The van der Waals surface area contributed by atoms with E-state index in [0.717, 1.165) is 5.39 Å². The first kappa shape index (κ1) is 17.2. The highest BCUT2D eigenvalue weighted by molar-refractivity contribution is 6.04. The van der Waals surface area contributed by atoms with Crippen molar-refractivity contribution in [3.63, 3.8) is 0 Å². The summed E-state index contributed by atoms with van der Waals surface area (Å²) in [6.45, 7) is 0.0895. The van der Waals surface area contributed by atoms with Crippen molar-refractivity contribution in [2.45, 2.75) is 6.54 Å². The average molecular weight is 352 g/mol. The van der Waals surface area contributed by atoms with Gasteiger partial charge in [0.25, 0.3) is 5.69 Å². The van der Waals surface area contributed by atoms with Gasteiger partial charge in [-0.3, -0.25) is 15.0 Å². The Hall–Kier alpha value is -3.61. The maximum absolute atomic E-state index is 12.4. The van der Waals surface area contributed by atoms with Gasteiger partial charge in [0.1, 0.15) is 5.75 Å². The van der Waals surface area contributed by atoms with Gasteiger partial charge < -0.3 is 9.84 Å². The third kappa shape index (κ3) is 3.27. The molecule has 26 heavy (non-hydrogen) atoms. The number of phenolic OH excluding ortho intramolecular Hbond substituents is 1. The molecule has 7 heteroatoms. The maximum atomic E-state index is 12.4. The third-order valence-electron chi connectivity index (χ3n) is 4.03. The summed E-state index contributed by atoms with van der Waals surface area (Å²) in [5.74, 6) is -0.0592. The molecule has 0 fully saturated rings. The number of methoxy groups -OCH3 is 1. The molecular formula is C19H16N2O5. The van der Waals surface area contributed by atoms with E-state index in [1.165, 1.54) is 30.2 Å². The second kappa shape index (κ2) is 7.10. The molecule has 0 saturated carbocycles. The van der Waals surface area contributed by atoms with E-state index in [1.54, 1.807) is 24.3 Å². The van der Waals surface area contributed by atoms with Crippen LogP contribution in [0.5, 0.6) is 5.75 Å². The molecule has 0 heterocycles. The molecule has 1 amide bonds. The van der Waals surface area contributed by atoms with Crippen LogP contribution in [0, 0.1) is 10.1 Å². The highest BCUT2D eigenvalue weighted by Gasteiger charge is 2.22. The van der Waals surface area contributed by atoms with Crippen LogP contribution in [0.3, 0.4) is 0 Å². The van der Waals surface area contributed by atoms with E-state index in [1.807, 2.05) is 18.2 Å². The van der Waals surface area contributed by atoms with Crippen LogP contribution in [0.4, 0.5) is 16.2 Å². The van der Waals surface area contributed by atoms with E-state index in [2.05, 4.69) is 0 Å². The van der Waals surface area contributed by atoms with Gasteiger partial charge in [0.2, 0.25) is 0 Å². The van der Waals surface area contributed by atoms with Crippen LogP contribution in [0.1, 0.15) is 5.56 Å². The second-order valence-corrected chi connectivity index (χ2v) is 5.63. The number of hydrogen-bond acceptors (Lipinski definition) is 5. The Bertz CT molecular complexity index is 969. The Morgan fingerprint density at radius 2 is 1.81 bits per heavy atom. The zero-order valence-corrected chi connectivity index (χ0v) is 14.0. The number of amides is 1. The summed E-state index contributed by atoms with van der Waals surface area (Å²) >= 11 is 0. The van der Waals surface area contributed by atoms with Crippen LogP contribution in [-0.4, -0.2) is 23.2 Å². The highest BCUT2D eigenvalue weighted by atomic mass is 16.6. The monoisotopic (exact) mass is 352 g/mol. The van der Waals surface area contributed by atoms with Crippen molar-refractivity contribution in [1.82, 2.24) is 0 Å². The SMILES string of the molecule is COC(=O)N(Cc1ccc([N+](=O)[O-])cc1)c1c(O)ccc2ccccc12. The standard InChI is InChI=1S/C19H16N2O5/c1-26-19(23)20(12-13-6-9-15(10-7-13)21(24)25)18-16-5-3-2-4-14(16)8-11-17(18)22/h2-11,22H,12H2,1H3. The van der Waals surface area contributed by atoms with Crippen molar-refractivity contribution in [3.8, 4) is 5.75 Å². The van der Waals surface area contributed by atoms with Crippen LogP contribution in [0.2, 0.25) is 0 Å². The number of benzene rings is 3. The summed E-state index contributed by atoms with van der Waals surface area (Å²) in [4.78, 5) is 24.0. The predicted octanol–water partition coefficient (Wildman–Crippen LogP) is 4.23. The summed E-state index contributed by atoms with van der Waals surface area (Å²) in [7, 11) is 1.26. The van der Waals surface area contributed by atoms with Crippen molar-refractivity contribution in [1.29, 1.82) is 0 Å². The van der Waals surface area contributed by atoms with Crippen molar-refractivity contribution in [2.75, 3.05) is 12.0 Å². The fourth-order valence-electron chi connectivity index (χ4n) is 2.78. The molecule has 3 aromatic carbocycles. The number of ether oxygens (including phenoxy) is 1. The predicted molar refractivity (Wildman–Crippen MR) is 97.3 cm³/mol. The number of aromatic hydroxyl groups is 1. The smallest absolute Gasteiger partial charge is 0.414 e. The molecule has 3 aromatic rings. The van der Waals surface area contributed by atoms with Gasteiger partial charge in [0.05, 0.1) is 24.3 Å². The number of rotatable bonds is 4. The zero-order chi connectivity index (χ0) is 18.7. The first-order chi connectivity index (χ1) is 12.5. The molecule has 0 bridgehead atoms. The minimum absolute atomic E-state index is 0.0358. The van der Waals surface area contributed by atoms with Crippen LogP contribution in [0.15, 0.2) is 60.7 Å². The van der Waals surface area contributed by atoms with E-state index in [4.69, 9.17) is 4.74 Å². The van der Waals surface area contributed by atoms with Crippen molar-refractivity contribution in [2.24, 2.45) is 0 Å². The van der Waals surface area contributed by atoms with Crippen molar-refractivity contribution < 1.29 is 19.6 Å². The number of non-ortho nitro benzene ring substituents is 1. The van der Waals surface area contributed by atoms with Crippen LogP contribution >= 0.6 is 0 Å². The Labute approximate surface area is 149 Å². The molecule has 0 radical (unpaired) electrons. The molecule has 1 N–H and O–H groups in total. The number of carbonyl (C=O) groups is 1. The fraction of sp³-hybridized carbons (Fsp3) is 0.105. The minimum atomic E-state index is -0.644. The number of hydrogen-bond donors (Lipinski definition) is 1. The number of carbonyl (C=O) groups excluding carboxylic acids is 1. The zero-order valence-electron chi connectivity index (χ0n) is 14.0. The van der Waals surface area contributed by atoms with Crippen molar-refractivity contribution >= 4 is 28.2 Å². The molecule has 0 unspecified atom stereocenters. The van der Waals surface area contributed by atoms with Gasteiger partial charge in [-0.15, -0.1) is 0 Å². The van der Waals surface area contributed by atoms with Crippen LogP contribution in [0.25, 0.3) is 10.8 Å².